The van der Waals surface area contributed by atoms with Crippen LogP contribution in [0.3, 0.4) is 0 Å². The molecular formula is C10H14N6OS. The molecular weight excluding hydrogens is 252 g/mol. The maximum Gasteiger partial charge on any atom is 0.323 e. The molecule has 7 nitrogen and oxygen atoms in total. The Kier molecular flexibility index (Phi) is 3.56. The molecule has 0 radical (unpaired) electrons. The van der Waals surface area contributed by atoms with E-state index < -0.39 is 0 Å². The first kappa shape index (κ1) is 12.5. The van der Waals surface area contributed by atoms with E-state index in [-0.39, 0.29) is 6.03 Å². The number of aromatic nitrogens is 4. The van der Waals surface area contributed by atoms with Crippen molar-refractivity contribution in [3.63, 3.8) is 0 Å². The van der Waals surface area contributed by atoms with Crippen LogP contribution in [0.2, 0.25) is 0 Å². The van der Waals surface area contributed by atoms with Gasteiger partial charge in [-0.2, -0.15) is 5.10 Å². The molecule has 96 valence electrons. The van der Waals surface area contributed by atoms with E-state index >= 15 is 0 Å². The minimum absolute atomic E-state index is 0.213. The molecule has 2 heterocycles. The zero-order valence-corrected chi connectivity index (χ0v) is 11.2. The smallest absolute Gasteiger partial charge is 0.323 e. The summed E-state index contributed by atoms with van der Waals surface area (Å²) in [6, 6.07) is -0.213. The molecule has 2 aromatic heterocycles. The first-order valence-corrected chi connectivity index (χ1v) is 6.21. The number of carbonyl (C=O) groups excluding carboxylic acids is 1. The molecule has 0 aliphatic carbocycles. The zero-order chi connectivity index (χ0) is 13.1. The third-order valence-corrected chi connectivity index (χ3v) is 3.05. The standard InChI is InChI=1S/C10H14N6OS/c1-7-8(5-16(3)14-7)4-15(2)10(17)12-9-13-11-6-18-9/h5-6H,4H2,1-3H3,(H,12,13,17). The molecule has 8 heteroatoms. The van der Waals surface area contributed by atoms with Gasteiger partial charge < -0.3 is 4.90 Å². The molecule has 1 N–H and O–H groups in total. The summed E-state index contributed by atoms with van der Waals surface area (Å²) in [6.45, 7) is 2.43. The van der Waals surface area contributed by atoms with E-state index in [0.29, 0.717) is 11.7 Å². The summed E-state index contributed by atoms with van der Waals surface area (Å²) in [5.74, 6) is 0. The summed E-state index contributed by atoms with van der Waals surface area (Å²) in [6.07, 6.45) is 1.91. The second-order valence-corrected chi connectivity index (χ2v) is 4.78. The Balaban J connectivity index is 1.97. The highest BCUT2D eigenvalue weighted by molar-refractivity contribution is 7.13. The van der Waals surface area contributed by atoms with Crippen LogP contribution in [0.1, 0.15) is 11.3 Å². The lowest BCUT2D eigenvalue weighted by Crippen LogP contribution is -2.30. The molecule has 0 aliphatic heterocycles. The van der Waals surface area contributed by atoms with Gasteiger partial charge in [-0.15, -0.1) is 10.2 Å². The Morgan fingerprint density at radius 2 is 2.39 bits per heavy atom. The van der Waals surface area contributed by atoms with Crippen molar-refractivity contribution < 1.29 is 4.79 Å². The Hall–Kier alpha value is -1.96. The van der Waals surface area contributed by atoms with Crippen LogP contribution in [-0.4, -0.2) is 38.0 Å². The molecule has 18 heavy (non-hydrogen) atoms. The van der Waals surface area contributed by atoms with Gasteiger partial charge in [-0.3, -0.25) is 10.00 Å². The van der Waals surface area contributed by atoms with Crippen LogP contribution in [0.4, 0.5) is 9.93 Å². The van der Waals surface area contributed by atoms with Crippen LogP contribution in [0.25, 0.3) is 0 Å². The van der Waals surface area contributed by atoms with Crippen molar-refractivity contribution in [2.45, 2.75) is 13.5 Å². The van der Waals surface area contributed by atoms with Gasteiger partial charge in [0.2, 0.25) is 5.13 Å². The van der Waals surface area contributed by atoms with E-state index in [9.17, 15) is 4.79 Å². The van der Waals surface area contributed by atoms with Crippen molar-refractivity contribution in [1.82, 2.24) is 24.9 Å². The fraction of sp³-hybridized carbons (Fsp3) is 0.400. The third kappa shape index (κ3) is 2.83. The zero-order valence-electron chi connectivity index (χ0n) is 10.4. The number of nitrogens with one attached hydrogen (secondary N) is 1. The van der Waals surface area contributed by atoms with Gasteiger partial charge in [-0.1, -0.05) is 11.3 Å². The monoisotopic (exact) mass is 266 g/mol. The number of nitrogens with zero attached hydrogens (tertiary/aromatic N) is 5. The second-order valence-electron chi connectivity index (χ2n) is 3.94. The lowest BCUT2D eigenvalue weighted by molar-refractivity contribution is 0.220. The van der Waals surface area contributed by atoms with Crippen molar-refractivity contribution in [3.05, 3.63) is 23.0 Å². The van der Waals surface area contributed by atoms with Crippen molar-refractivity contribution in [2.24, 2.45) is 7.05 Å². The van der Waals surface area contributed by atoms with Crippen LogP contribution in [0.15, 0.2) is 11.7 Å². The molecule has 0 atom stereocenters. The molecule has 0 aromatic carbocycles. The van der Waals surface area contributed by atoms with Crippen LogP contribution >= 0.6 is 11.3 Å². The number of amides is 2. The van der Waals surface area contributed by atoms with Crippen LogP contribution in [-0.2, 0) is 13.6 Å². The van der Waals surface area contributed by atoms with Crippen LogP contribution < -0.4 is 5.32 Å². The first-order chi connectivity index (χ1) is 8.56. The summed E-state index contributed by atoms with van der Waals surface area (Å²) >= 11 is 1.28. The molecule has 0 saturated heterocycles. The van der Waals surface area contributed by atoms with Gasteiger partial charge in [0.1, 0.15) is 5.51 Å². The van der Waals surface area contributed by atoms with Crippen molar-refractivity contribution in [3.8, 4) is 0 Å². The summed E-state index contributed by atoms with van der Waals surface area (Å²) in [5.41, 5.74) is 3.52. The van der Waals surface area contributed by atoms with Gasteiger partial charge in [0.25, 0.3) is 0 Å². The SMILES string of the molecule is Cc1nn(C)cc1CN(C)C(=O)Nc1nncs1. The minimum atomic E-state index is -0.213. The van der Waals surface area contributed by atoms with E-state index in [2.05, 4.69) is 20.6 Å². The van der Waals surface area contributed by atoms with E-state index in [4.69, 9.17) is 0 Å². The lowest BCUT2D eigenvalue weighted by Gasteiger charge is -2.16. The van der Waals surface area contributed by atoms with E-state index in [1.54, 1.807) is 22.1 Å². The lowest BCUT2D eigenvalue weighted by atomic mass is 10.2. The average molecular weight is 266 g/mol. The number of rotatable bonds is 3. The number of urea groups is 1. The largest absolute Gasteiger partial charge is 0.323 e. The highest BCUT2D eigenvalue weighted by atomic mass is 32.1. The summed E-state index contributed by atoms with van der Waals surface area (Å²) < 4.78 is 1.74. The van der Waals surface area contributed by atoms with Crippen LogP contribution in [0, 0.1) is 6.92 Å². The summed E-state index contributed by atoms with van der Waals surface area (Å²) in [4.78, 5) is 13.4. The molecule has 2 rings (SSSR count). The van der Waals surface area contributed by atoms with Gasteiger partial charge in [0, 0.05) is 25.9 Å². The Bertz CT molecular complexity index is 535. The first-order valence-electron chi connectivity index (χ1n) is 5.33. The molecule has 0 unspecified atom stereocenters. The number of hydrogen-bond acceptors (Lipinski definition) is 5. The molecule has 0 bridgehead atoms. The molecule has 2 aromatic rings. The Morgan fingerprint density at radius 3 is 2.94 bits per heavy atom. The second kappa shape index (κ2) is 5.13. The number of anilines is 1. The number of hydrogen-bond donors (Lipinski definition) is 1. The van der Waals surface area contributed by atoms with Crippen molar-refractivity contribution in [2.75, 3.05) is 12.4 Å². The van der Waals surface area contributed by atoms with Gasteiger partial charge in [0.15, 0.2) is 0 Å². The van der Waals surface area contributed by atoms with Gasteiger partial charge in [-0.05, 0) is 6.92 Å². The molecule has 0 spiro atoms. The molecule has 2 amide bonds. The number of aryl methyl sites for hydroxylation is 2. The predicted molar refractivity (Wildman–Crippen MR) is 68.3 cm³/mol. The maximum absolute atomic E-state index is 11.9. The average Bonchev–Trinajstić information content (AvgIpc) is 2.89. The predicted octanol–water partition coefficient (Wildman–Crippen LogP) is 1.24. The highest BCUT2D eigenvalue weighted by Crippen LogP contribution is 2.11. The third-order valence-electron chi connectivity index (χ3n) is 2.44. The fourth-order valence-corrected chi connectivity index (χ4v) is 1.98. The molecule has 0 aliphatic rings. The minimum Gasteiger partial charge on any atom is -0.323 e. The van der Waals surface area contributed by atoms with Crippen molar-refractivity contribution in [1.29, 1.82) is 0 Å². The summed E-state index contributed by atoms with van der Waals surface area (Å²) in [5, 5.41) is 14.8. The van der Waals surface area contributed by atoms with Crippen LogP contribution in [0.5, 0.6) is 0 Å². The van der Waals surface area contributed by atoms with E-state index in [0.717, 1.165) is 11.3 Å². The summed E-state index contributed by atoms with van der Waals surface area (Å²) in [7, 11) is 3.58. The van der Waals surface area contributed by atoms with Gasteiger partial charge >= 0.3 is 6.03 Å². The highest BCUT2D eigenvalue weighted by Gasteiger charge is 2.13. The Morgan fingerprint density at radius 1 is 1.61 bits per heavy atom. The topological polar surface area (TPSA) is 75.9 Å². The van der Waals surface area contributed by atoms with Gasteiger partial charge in [0.05, 0.1) is 12.2 Å². The van der Waals surface area contributed by atoms with Gasteiger partial charge in [-0.25, -0.2) is 4.79 Å². The maximum atomic E-state index is 11.9. The quantitative estimate of drug-likeness (QED) is 0.907. The number of carbonyl (C=O) groups is 1. The van der Waals surface area contributed by atoms with E-state index in [1.807, 2.05) is 20.2 Å². The fourth-order valence-electron chi connectivity index (χ4n) is 1.55. The Labute approximate surface area is 108 Å². The normalized spacial score (nSPS) is 10.4. The van der Waals surface area contributed by atoms with Crippen molar-refractivity contribution >= 4 is 22.5 Å². The molecule has 0 saturated carbocycles. The molecule has 0 fully saturated rings. The van der Waals surface area contributed by atoms with E-state index in [1.165, 1.54) is 11.3 Å².